The van der Waals surface area contributed by atoms with E-state index in [9.17, 15) is 0 Å². The largest absolute Gasteiger partial charge is 0.457 e. The molecule has 0 atom stereocenters. The molecule has 0 aromatic rings. The molecule has 0 bridgehead atoms. The standard InChI is InChI=1S/C11H22BO2/c1-6-7-8-9-12-13-10(2,3)11(4,5)14-12/h1,6-9H2,2-5H3. The van der Waals surface area contributed by atoms with E-state index >= 15 is 0 Å². The molecule has 0 aliphatic carbocycles. The highest BCUT2D eigenvalue weighted by molar-refractivity contribution is 6.45. The van der Waals surface area contributed by atoms with E-state index in [1.165, 1.54) is 0 Å². The van der Waals surface area contributed by atoms with Crippen LogP contribution < -0.4 is 0 Å². The minimum atomic E-state index is -0.178. The third-order valence-electron chi connectivity index (χ3n) is 3.24. The Balaban J connectivity index is 2.39. The van der Waals surface area contributed by atoms with Gasteiger partial charge in [0.25, 0.3) is 0 Å². The van der Waals surface area contributed by atoms with Gasteiger partial charge in [-0.1, -0.05) is 26.2 Å². The molecule has 0 unspecified atom stereocenters. The van der Waals surface area contributed by atoms with Crippen LogP contribution in [0.1, 0.15) is 47.0 Å². The van der Waals surface area contributed by atoms with E-state index in [0.29, 0.717) is 0 Å². The van der Waals surface area contributed by atoms with Gasteiger partial charge in [-0.3, -0.25) is 0 Å². The number of hydrogen-bond acceptors (Lipinski definition) is 2. The summed E-state index contributed by atoms with van der Waals surface area (Å²) in [4.78, 5) is 0. The van der Waals surface area contributed by atoms with Crippen LogP contribution >= 0.6 is 0 Å². The second kappa shape index (κ2) is 4.24. The maximum absolute atomic E-state index is 5.87. The van der Waals surface area contributed by atoms with E-state index in [0.717, 1.165) is 25.6 Å². The lowest BCUT2D eigenvalue weighted by Crippen LogP contribution is -2.41. The molecule has 1 radical (unpaired) electrons. The third kappa shape index (κ3) is 2.51. The predicted octanol–water partition coefficient (Wildman–Crippen LogP) is 3.08. The molecular formula is C11H22BO2. The molecule has 1 aliphatic heterocycles. The molecule has 2 nitrogen and oxygen atoms in total. The van der Waals surface area contributed by atoms with Gasteiger partial charge in [-0.2, -0.15) is 0 Å². The minimum Gasteiger partial charge on any atom is -0.403 e. The van der Waals surface area contributed by atoms with Gasteiger partial charge in [0.15, 0.2) is 0 Å². The Labute approximate surface area is 88.5 Å². The lowest BCUT2D eigenvalue weighted by molar-refractivity contribution is 0.00578. The molecule has 0 saturated carbocycles. The molecule has 81 valence electrons. The monoisotopic (exact) mass is 197 g/mol. The average molecular weight is 197 g/mol. The van der Waals surface area contributed by atoms with Crippen molar-refractivity contribution in [2.75, 3.05) is 0 Å². The smallest absolute Gasteiger partial charge is 0.403 e. The molecule has 3 heteroatoms. The summed E-state index contributed by atoms with van der Waals surface area (Å²) in [6.07, 6.45) is 4.28. The Bertz CT molecular complexity index is 174. The van der Waals surface area contributed by atoms with Crippen LogP contribution in [0.4, 0.5) is 0 Å². The second-order valence-corrected chi connectivity index (χ2v) is 5.04. The van der Waals surface area contributed by atoms with Gasteiger partial charge in [-0.15, -0.1) is 0 Å². The first-order valence-corrected chi connectivity index (χ1v) is 5.54. The van der Waals surface area contributed by atoms with Gasteiger partial charge < -0.3 is 9.31 Å². The molecule has 0 aromatic heterocycles. The molecule has 1 rings (SSSR count). The molecule has 0 aromatic carbocycles. The fourth-order valence-corrected chi connectivity index (χ4v) is 1.57. The van der Waals surface area contributed by atoms with Crippen molar-refractivity contribution >= 4 is 7.12 Å². The van der Waals surface area contributed by atoms with E-state index in [4.69, 9.17) is 9.31 Å². The SMILES string of the molecule is [CH2]CCCCB1OC(C)(C)C(C)(C)O1. The van der Waals surface area contributed by atoms with Crippen LogP contribution in [-0.4, -0.2) is 18.3 Å². The zero-order valence-corrected chi connectivity index (χ0v) is 9.93. The zero-order chi connectivity index (χ0) is 10.8. The first-order chi connectivity index (χ1) is 6.39. The average Bonchev–Trinajstić information content (AvgIpc) is 2.21. The Morgan fingerprint density at radius 2 is 1.50 bits per heavy atom. The van der Waals surface area contributed by atoms with Crippen LogP contribution in [0.3, 0.4) is 0 Å². The van der Waals surface area contributed by atoms with Crippen LogP contribution in [0.15, 0.2) is 0 Å². The third-order valence-corrected chi connectivity index (χ3v) is 3.24. The Hall–Kier alpha value is -0.0151. The number of rotatable bonds is 4. The minimum absolute atomic E-state index is 0.0217. The molecular weight excluding hydrogens is 175 g/mol. The Morgan fingerprint density at radius 1 is 1.00 bits per heavy atom. The molecule has 0 amide bonds. The van der Waals surface area contributed by atoms with E-state index in [1.807, 2.05) is 0 Å². The van der Waals surface area contributed by atoms with Crippen LogP contribution in [0, 0.1) is 6.92 Å². The van der Waals surface area contributed by atoms with E-state index in [-0.39, 0.29) is 18.3 Å². The fourth-order valence-electron chi connectivity index (χ4n) is 1.57. The van der Waals surface area contributed by atoms with Crippen molar-refractivity contribution in [3.63, 3.8) is 0 Å². The summed E-state index contributed by atoms with van der Waals surface area (Å²) in [5, 5.41) is 0. The molecule has 1 fully saturated rings. The predicted molar refractivity (Wildman–Crippen MR) is 60.1 cm³/mol. The first-order valence-electron chi connectivity index (χ1n) is 5.54. The summed E-state index contributed by atoms with van der Waals surface area (Å²) in [5.74, 6) is 0. The van der Waals surface area contributed by atoms with Crippen LogP contribution in [0.2, 0.25) is 6.32 Å². The molecule has 0 N–H and O–H groups in total. The second-order valence-electron chi connectivity index (χ2n) is 5.04. The zero-order valence-electron chi connectivity index (χ0n) is 9.93. The summed E-state index contributed by atoms with van der Waals surface area (Å²) < 4.78 is 11.7. The van der Waals surface area contributed by atoms with Crippen molar-refractivity contribution < 1.29 is 9.31 Å². The van der Waals surface area contributed by atoms with Gasteiger partial charge in [-0.25, -0.2) is 0 Å². The van der Waals surface area contributed by atoms with Crippen molar-refractivity contribution in [3.8, 4) is 0 Å². The van der Waals surface area contributed by atoms with Crippen molar-refractivity contribution in [1.29, 1.82) is 0 Å². The highest BCUT2D eigenvalue weighted by atomic mass is 16.7. The van der Waals surface area contributed by atoms with Gasteiger partial charge in [-0.05, 0) is 34.0 Å². The Kier molecular flexibility index (Phi) is 3.65. The summed E-state index contributed by atoms with van der Waals surface area (Å²) in [7, 11) is -0.0217. The maximum atomic E-state index is 5.87. The first kappa shape index (κ1) is 12.1. The molecule has 1 heterocycles. The molecule has 1 saturated heterocycles. The highest BCUT2D eigenvalue weighted by Crippen LogP contribution is 2.38. The number of hydrogen-bond donors (Lipinski definition) is 0. The van der Waals surface area contributed by atoms with Gasteiger partial charge in [0.05, 0.1) is 11.2 Å². The molecule has 1 aliphatic rings. The van der Waals surface area contributed by atoms with Gasteiger partial charge in [0, 0.05) is 0 Å². The van der Waals surface area contributed by atoms with Crippen molar-refractivity contribution in [2.45, 2.75) is 64.5 Å². The van der Waals surface area contributed by atoms with Crippen molar-refractivity contribution in [1.82, 2.24) is 0 Å². The van der Waals surface area contributed by atoms with E-state index < -0.39 is 0 Å². The summed E-state index contributed by atoms with van der Waals surface area (Å²) in [5.41, 5.74) is -0.357. The summed E-state index contributed by atoms with van der Waals surface area (Å²) >= 11 is 0. The maximum Gasteiger partial charge on any atom is 0.457 e. The summed E-state index contributed by atoms with van der Waals surface area (Å²) in [6, 6.07) is 0. The van der Waals surface area contributed by atoms with Crippen LogP contribution in [0.5, 0.6) is 0 Å². The van der Waals surface area contributed by atoms with E-state index in [1.54, 1.807) is 0 Å². The lowest BCUT2D eigenvalue weighted by atomic mass is 9.82. The summed E-state index contributed by atoms with van der Waals surface area (Å²) in [6.45, 7) is 12.2. The normalized spacial score (nSPS) is 24.2. The molecule has 14 heavy (non-hydrogen) atoms. The number of unbranched alkanes of at least 4 members (excludes halogenated alkanes) is 2. The van der Waals surface area contributed by atoms with Gasteiger partial charge in [0.2, 0.25) is 0 Å². The lowest BCUT2D eigenvalue weighted by Gasteiger charge is -2.32. The topological polar surface area (TPSA) is 18.5 Å². The van der Waals surface area contributed by atoms with Crippen molar-refractivity contribution in [2.24, 2.45) is 0 Å². The van der Waals surface area contributed by atoms with E-state index in [2.05, 4.69) is 34.6 Å². The van der Waals surface area contributed by atoms with Crippen LogP contribution in [0.25, 0.3) is 0 Å². The van der Waals surface area contributed by atoms with Crippen LogP contribution in [-0.2, 0) is 9.31 Å². The fraction of sp³-hybridized carbons (Fsp3) is 0.909. The Morgan fingerprint density at radius 3 is 1.93 bits per heavy atom. The quantitative estimate of drug-likeness (QED) is 0.509. The molecule has 0 spiro atoms. The van der Waals surface area contributed by atoms with Gasteiger partial charge in [0.1, 0.15) is 0 Å². The van der Waals surface area contributed by atoms with Gasteiger partial charge >= 0.3 is 7.12 Å². The van der Waals surface area contributed by atoms with Crippen molar-refractivity contribution in [3.05, 3.63) is 6.92 Å². The highest BCUT2D eigenvalue weighted by Gasteiger charge is 2.50.